The van der Waals surface area contributed by atoms with E-state index in [0.29, 0.717) is 32.8 Å². The van der Waals surface area contributed by atoms with E-state index in [1.54, 1.807) is 18.9 Å². The molecule has 2 heterocycles. The number of hydrogen-bond acceptors (Lipinski definition) is 6. The molecule has 0 aromatic heterocycles. The van der Waals surface area contributed by atoms with Crippen molar-refractivity contribution < 1.29 is 23.9 Å². The van der Waals surface area contributed by atoms with Gasteiger partial charge in [-0.3, -0.25) is 19.3 Å². The number of carbonyl (C=O) groups is 3. The third kappa shape index (κ3) is 6.41. The molecule has 2 saturated heterocycles. The predicted octanol–water partition coefficient (Wildman–Crippen LogP) is 1.38. The molecule has 0 N–H and O–H groups in total. The molecule has 0 radical (unpaired) electrons. The lowest BCUT2D eigenvalue weighted by Crippen LogP contribution is -2.58. The van der Waals surface area contributed by atoms with Crippen LogP contribution in [0, 0.1) is 11.8 Å². The standard InChI is InChI=1S/C22H39N3O5/c1-7-29-22(28)18-9-8-10-24(13-18)19(26)14-23(6)21(27)20(15(2)3)25-11-16(4)30-17(5)12-25/h15-18,20H,7-14H2,1-6H3. The summed E-state index contributed by atoms with van der Waals surface area (Å²) in [6.07, 6.45) is 1.65. The van der Waals surface area contributed by atoms with E-state index in [0.717, 1.165) is 12.8 Å². The van der Waals surface area contributed by atoms with Gasteiger partial charge in [-0.2, -0.15) is 0 Å². The number of esters is 1. The van der Waals surface area contributed by atoms with Crippen LogP contribution in [0.1, 0.15) is 47.5 Å². The number of rotatable bonds is 7. The molecule has 8 nitrogen and oxygen atoms in total. The van der Waals surface area contributed by atoms with Gasteiger partial charge in [0.05, 0.1) is 37.3 Å². The molecule has 30 heavy (non-hydrogen) atoms. The Balaban J connectivity index is 1.98. The summed E-state index contributed by atoms with van der Waals surface area (Å²) in [5, 5.41) is 0. The highest BCUT2D eigenvalue weighted by molar-refractivity contribution is 5.88. The quantitative estimate of drug-likeness (QED) is 0.574. The largest absolute Gasteiger partial charge is 0.466 e. The number of carbonyl (C=O) groups excluding carboxylic acids is 3. The average Bonchev–Trinajstić information content (AvgIpc) is 2.67. The molecule has 2 rings (SSSR count). The van der Waals surface area contributed by atoms with Gasteiger partial charge in [0.2, 0.25) is 11.8 Å². The number of ether oxygens (including phenoxy) is 2. The summed E-state index contributed by atoms with van der Waals surface area (Å²) in [7, 11) is 1.69. The van der Waals surface area contributed by atoms with Gasteiger partial charge in [-0.15, -0.1) is 0 Å². The molecule has 4 unspecified atom stereocenters. The summed E-state index contributed by atoms with van der Waals surface area (Å²) in [6.45, 7) is 12.7. The summed E-state index contributed by atoms with van der Waals surface area (Å²) in [4.78, 5) is 43.6. The van der Waals surface area contributed by atoms with Crippen molar-refractivity contribution in [2.45, 2.75) is 65.7 Å². The molecule has 0 bridgehead atoms. The zero-order chi connectivity index (χ0) is 22.4. The number of likely N-dealkylation sites (N-methyl/N-ethyl adjacent to an activating group) is 1. The Morgan fingerprint density at radius 2 is 1.77 bits per heavy atom. The first-order valence-corrected chi connectivity index (χ1v) is 11.2. The van der Waals surface area contributed by atoms with Crippen LogP contribution in [0.2, 0.25) is 0 Å². The highest BCUT2D eigenvalue weighted by Gasteiger charge is 2.37. The highest BCUT2D eigenvalue weighted by Crippen LogP contribution is 2.21. The normalized spacial score (nSPS) is 26.4. The molecule has 8 heteroatoms. The van der Waals surface area contributed by atoms with Crippen LogP contribution in [0.5, 0.6) is 0 Å². The van der Waals surface area contributed by atoms with E-state index in [1.807, 2.05) is 27.7 Å². The van der Waals surface area contributed by atoms with Gasteiger partial charge in [0.15, 0.2) is 0 Å². The van der Waals surface area contributed by atoms with Gasteiger partial charge in [-0.05, 0) is 39.5 Å². The zero-order valence-electron chi connectivity index (χ0n) is 19.4. The van der Waals surface area contributed by atoms with Gasteiger partial charge in [0.25, 0.3) is 0 Å². The summed E-state index contributed by atoms with van der Waals surface area (Å²) in [6, 6.07) is -0.287. The van der Waals surface area contributed by atoms with E-state index in [4.69, 9.17) is 9.47 Å². The lowest BCUT2D eigenvalue weighted by Gasteiger charge is -2.42. The molecule has 2 amide bonds. The second-order valence-electron chi connectivity index (χ2n) is 9.03. The Hall–Kier alpha value is -1.67. The van der Waals surface area contributed by atoms with E-state index in [-0.39, 0.29) is 54.4 Å². The number of piperidine rings is 1. The summed E-state index contributed by atoms with van der Waals surface area (Å²) in [5.41, 5.74) is 0. The minimum absolute atomic E-state index is 0.0209. The number of morpholine rings is 1. The van der Waals surface area contributed by atoms with Crippen molar-refractivity contribution in [3.8, 4) is 0 Å². The van der Waals surface area contributed by atoms with Gasteiger partial charge in [0, 0.05) is 33.2 Å². The van der Waals surface area contributed by atoms with E-state index in [1.165, 1.54) is 4.90 Å². The van der Waals surface area contributed by atoms with E-state index < -0.39 is 0 Å². The Morgan fingerprint density at radius 3 is 2.33 bits per heavy atom. The van der Waals surface area contributed by atoms with Crippen LogP contribution >= 0.6 is 0 Å². The minimum Gasteiger partial charge on any atom is -0.466 e. The fourth-order valence-electron chi connectivity index (χ4n) is 4.57. The summed E-state index contributed by atoms with van der Waals surface area (Å²) in [5.74, 6) is -0.557. The molecule has 2 fully saturated rings. The van der Waals surface area contributed by atoms with Gasteiger partial charge >= 0.3 is 5.97 Å². The van der Waals surface area contributed by atoms with Crippen LogP contribution in [0.15, 0.2) is 0 Å². The molecule has 0 spiro atoms. The second kappa shape index (κ2) is 11.1. The molecule has 2 aliphatic rings. The maximum absolute atomic E-state index is 13.3. The molecule has 4 atom stereocenters. The third-order valence-corrected chi connectivity index (χ3v) is 5.87. The van der Waals surface area contributed by atoms with Gasteiger partial charge < -0.3 is 19.3 Å². The first kappa shape index (κ1) is 24.6. The Labute approximate surface area is 180 Å². The number of amides is 2. The Kier molecular flexibility index (Phi) is 9.09. The van der Waals surface area contributed by atoms with Crippen LogP contribution in [0.4, 0.5) is 0 Å². The molecular formula is C22H39N3O5. The summed E-state index contributed by atoms with van der Waals surface area (Å²) >= 11 is 0. The van der Waals surface area contributed by atoms with Crippen LogP contribution in [0.25, 0.3) is 0 Å². The lowest BCUT2D eigenvalue weighted by molar-refractivity contribution is -0.153. The topological polar surface area (TPSA) is 79.4 Å². The van der Waals surface area contributed by atoms with Crippen LogP contribution in [0.3, 0.4) is 0 Å². The van der Waals surface area contributed by atoms with Crippen LogP contribution < -0.4 is 0 Å². The fraction of sp³-hybridized carbons (Fsp3) is 0.864. The van der Waals surface area contributed by atoms with Gasteiger partial charge in [-0.1, -0.05) is 13.8 Å². The molecule has 0 saturated carbocycles. The van der Waals surface area contributed by atoms with Crippen LogP contribution in [-0.2, 0) is 23.9 Å². The SMILES string of the molecule is CCOC(=O)C1CCCN(C(=O)CN(C)C(=O)C(C(C)C)N2CC(C)OC(C)C2)C1. The predicted molar refractivity (Wildman–Crippen MR) is 114 cm³/mol. The zero-order valence-corrected chi connectivity index (χ0v) is 19.4. The molecule has 0 aromatic carbocycles. The average molecular weight is 426 g/mol. The Bertz CT molecular complexity index is 602. The molecule has 0 aliphatic carbocycles. The lowest BCUT2D eigenvalue weighted by atomic mass is 9.98. The third-order valence-electron chi connectivity index (χ3n) is 5.87. The fourth-order valence-corrected chi connectivity index (χ4v) is 4.57. The maximum atomic E-state index is 13.3. The smallest absolute Gasteiger partial charge is 0.310 e. The van der Waals surface area contributed by atoms with E-state index >= 15 is 0 Å². The monoisotopic (exact) mass is 425 g/mol. The number of hydrogen-bond donors (Lipinski definition) is 0. The minimum atomic E-state index is -0.287. The van der Waals surface area contributed by atoms with Gasteiger partial charge in [0.1, 0.15) is 0 Å². The van der Waals surface area contributed by atoms with E-state index in [9.17, 15) is 14.4 Å². The molecule has 172 valence electrons. The maximum Gasteiger partial charge on any atom is 0.310 e. The highest BCUT2D eigenvalue weighted by atomic mass is 16.5. The summed E-state index contributed by atoms with van der Waals surface area (Å²) < 4.78 is 10.9. The second-order valence-corrected chi connectivity index (χ2v) is 9.03. The van der Waals surface area contributed by atoms with Crippen molar-refractivity contribution in [1.82, 2.24) is 14.7 Å². The van der Waals surface area contributed by atoms with Crippen molar-refractivity contribution in [2.75, 3.05) is 46.4 Å². The van der Waals surface area contributed by atoms with Crippen molar-refractivity contribution in [3.05, 3.63) is 0 Å². The first-order chi connectivity index (χ1) is 14.1. The molecular weight excluding hydrogens is 386 g/mol. The van der Waals surface area contributed by atoms with Crippen molar-refractivity contribution in [2.24, 2.45) is 11.8 Å². The van der Waals surface area contributed by atoms with Crippen molar-refractivity contribution in [3.63, 3.8) is 0 Å². The van der Waals surface area contributed by atoms with Gasteiger partial charge in [-0.25, -0.2) is 0 Å². The van der Waals surface area contributed by atoms with Crippen LogP contribution in [-0.4, -0.2) is 97.1 Å². The van der Waals surface area contributed by atoms with E-state index in [2.05, 4.69) is 4.90 Å². The Morgan fingerprint density at radius 1 is 1.13 bits per heavy atom. The molecule has 0 aromatic rings. The van der Waals surface area contributed by atoms with Crippen molar-refractivity contribution >= 4 is 17.8 Å². The number of nitrogens with zero attached hydrogens (tertiary/aromatic N) is 3. The first-order valence-electron chi connectivity index (χ1n) is 11.2. The van der Waals surface area contributed by atoms with Crippen molar-refractivity contribution in [1.29, 1.82) is 0 Å². The molecule has 2 aliphatic heterocycles. The number of likely N-dealkylation sites (tertiary alicyclic amines) is 1.